The lowest BCUT2D eigenvalue weighted by Crippen LogP contribution is -2.59. The Kier molecular flexibility index (Phi) is 12.0. The summed E-state index contributed by atoms with van der Waals surface area (Å²) in [5.74, 6) is -5.00. The molecule has 0 spiro atoms. The van der Waals surface area contributed by atoms with Gasteiger partial charge in [-0.15, -0.1) is 0 Å². The van der Waals surface area contributed by atoms with Gasteiger partial charge in [-0.3, -0.25) is 19.2 Å². The van der Waals surface area contributed by atoms with Crippen LogP contribution in [0.4, 0.5) is 0 Å². The van der Waals surface area contributed by atoms with E-state index in [-0.39, 0.29) is 12.8 Å². The molecule has 15 heteroatoms. The zero-order valence-corrected chi connectivity index (χ0v) is 19.5. The molecule has 0 aliphatic rings. The molecule has 1 rings (SSSR count). The van der Waals surface area contributed by atoms with Gasteiger partial charge in [0.1, 0.15) is 24.2 Å². The SMILES string of the molecule is CSCCC(NC(=O)C(Cc1cnc[nH]1)NC(=O)C(CC(=O)O)NC(=O)C(N)C(C)O)C(=O)O. The number of thioether (sulfide) groups is 1. The minimum Gasteiger partial charge on any atom is -0.481 e. The van der Waals surface area contributed by atoms with E-state index in [4.69, 9.17) is 10.8 Å². The zero-order valence-electron chi connectivity index (χ0n) is 18.7. The van der Waals surface area contributed by atoms with Crippen LogP contribution in [0.25, 0.3) is 0 Å². The smallest absolute Gasteiger partial charge is 0.326 e. The number of hydrogen-bond acceptors (Lipinski definition) is 9. The number of nitrogens with one attached hydrogen (secondary N) is 4. The first kappa shape index (κ1) is 28.9. The van der Waals surface area contributed by atoms with Crippen LogP contribution in [0, 0.1) is 0 Å². The minimum absolute atomic E-state index is 0.118. The molecule has 190 valence electrons. The summed E-state index contributed by atoms with van der Waals surface area (Å²) < 4.78 is 0. The number of aliphatic carboxylic acids is 2. The Bertz CT molecular complexity index is 850. The largest absolute Gasteiger partial charge is 0.481 e. The third kappa shape index (κ3) is 9.76. The molecule has 0 bridgehead atoms. The maximum Gasteiger partial charge on any atom is 0.326 e. The van der Waals surface area contributed by atoms with Crippen LogP contribution >= 0.6 is 11.8 Å². The summed E-state index contributed by atoms with van der Waals surface area (Å²) in [6.45, 7) is 1.25. The summed E-state index contributed by atoms with van der Waals surface area (Å²) in [5, 5.41) is 34.9. The molecule has 0 aliphatic carbocycles. The van der Waals surface area contributed by atoms with Gasteiger partial charge in [-0.25, -0.2) is 9.78 Å². The summed E-state index contributed by atoms with van der Waals surface area (Å²) >= 11 is 1.40. The van der Waals surface area contributed by atoms with Gasteiger partial charge in [0.15, 0.2) is 0 Å². The number of amides is 3. The quantitative estimate of drug-likeness (QED) is 0.124. The number of aliphatic hydroxyl groups is 1. The van der Waals surface area contributed by atoms with E-state index < -0.39 is 66.4 Å². The van der Waals surface area contributed by atoms with E-state index in [1.807, 2.05) is 0 Å². The highest BCUT2D eigenvalue weighted by atomic mass is 32.2. The molecule has 5 unspecified atom stereocenters. The lowest BCUT2D eigenvalue weighted by atomic mass is 10.1. The van der Waals surface area contributed by atoms with Gasteiger partial charge >= 0.3 is 11.9 Å². The Balaban J connectivity index is 3.06. The van der Waals surface area contributed by atoms with Crippen LogP contribution in [0.3, 0.4) is 0 Å². The number of aliphatic hydroxyl groups excluding tert-OH is 1. The number of imidazole rings is 1. The van der Waals surface area contributed by atoms with Gasteiger partial charge in [0.25, 0.3) is 0 Å². The van der Waals surface area contributed by atoms with Gasteiger partial charge < -0.3 is 42.0 Å². The molecular formula is C19H30N6O8S. The molecule has 0 saturated carbocycles. The molecule has 0 aliphatic heterocycles. The van der Waals surface area contributed by atoms with E-state index in [1.54, 1.807) is 6.26 Å². The number of carboxylic acids is 2. The standard InChI is InChI=1S/C19H30N6O8S/c1-9(26)15(20)18(31)25-13(6-14(27)28)17(30)24-12(5-10-7-21-8-22-10)16(29)23-11(19(32)33)3-4-34-2/h7-9,11-13,15,26H,3-6,20H2,1-2H3,(H,21,22)(H,23,29)(H,24,30)(H,25,31)(H,27,28)(H,32,33). The molecule has 0 saturated heterocycles. The number of H-pyrrole nitrogens is 1. The van der Waals surface area contributed by atoms with Crippen molar-refractivity contribution in [3.63, 3.8) is 0 Å². The van der Waals surface area contributed by atoms with Crippen molar-refractivity contribution in [1.29, 1.82) is 0 Å². The van der Waals surface area contributed by atoms with Crippen molar-refractivity contribution in [2.24, 2.45) is 5.73 Å². The summed E-state index contributed by atoms with van der Waals surface area (Å²) in [6.07, 6.45) is 2.45. The molecule has 3 amide bonds. The van der Waals surface area contributed by atoms with Gasteiger partial charge in [0.05, 0.1) is 18.9 Å². The van der Waals surface area contributed by atoms with Gasteiger partial charge in [0.2, 0.25) is 17.7 Å². The summed E-state index contributed by atoms with van der Waals surface area (Å²) in [4.78, 5) is 67.1. The molecule has 0 fully saturated rings. The highest BCUT2D eigenvalue weighted by molar-refractivity contribution is 7.98. The summed E-state index contributed by atoms with van der Waals surface area (Å²) in [7, 11) is 0. The van der Waals surface area contributed by atoms with Crippen LogP contribution in [0.1, 0.15) is 25.5 Å². The highest BCUT2D eigenvalue weighted by Crippen LogP contribution is 2.05. The fraction of sp³-hybridized carbons (Fsp3) is 0.579. The molecule has 1 aromatic rings. The average molecular weight is 503 g/mol. The number of carbonyl (C=O) groups is 5. The maximum atomic E-state index is 12.9. The van der Waals surface area contributed by atoms with E-state index in [2.05, 4.69) is 25.9 Å². The second kappa shape index (κ2) is 14.2. The van der Waals surface area contributed by atoms with Crippen LogP contribution < -0.4 is 21.7 Å². The normalized spacial score (nSPS) is 15.3. The predicted molar refractivity (Wildman–Crippen MR) is 121 cm³/mol. The van der Waals surface area contributed by atoms with Crippen molar-refractivity contribution in [2.45, 2.75) is 56.5 Å². The van der Waals surface area contributed by atoms with Crippen LogP contribution in [0.5, 0.6) is 0 Å². The topological polar surface area (TPSA) is 237 Å². The van der Waals surface area contributed by atoms with Crippen LogP contribution in [-0.4, -0.2) is 97.2 Å². The van der Waals surface area contributed by atoms with Crippen LogP contribution in [-0.2, 0) is 30.4 Å². The Morgan fingerprint density at radius 3 is 2.15 bits per heavy atom. The van der Waals surface area contributed by atoms with Gasteiger partial charge in [0, 0.05) is 18.3 Å². The van der Waals surface area contributed by atoms with E-state index in [0.717, 1.165) is 0 Å². The van der Waals surface area contributed by atoms with Gasteiger partial charge in [-0.05, 0) is 25.4 Å². The van der Waals surface area contributed by atoms with E-state index in [9.17, 15) is 34.2 Å². The summed E-state index contributed by atoms with van der Waals surface area (Å²) in [6, 6.07) is -5.55. The number of nitrogens with two attached hydrogens (primary N) is 1. The molecule has 0 radical (unpaired) electrons. The zero-order chi connectivity index (χ0) is 25.8. The number of nitrogens with zero attached hydrogens (tertiary/aromatic N) is 1. The van der Waals surface area contributed by atoms with Crippen molar-refractivity contribution >= 4 is 41.4 Å². The number of aromatic amines is 1. The first-order chi connectivity index (χ1) is 16.0. The maximum absolute atomic E-state index is 12.9. The lowest BCUT2D eigenvalue weighted by Gasteiger charge is -2.24. The molecular weight excluding hydrogens is 472 g/mol. The summed E-state index contributed by atoms with van der Waals surface area (Å²) in [5.41, 5.74) is 5.96. The van der Waals surface area contributed by atoms with Crippen LogP contribution in [0.2, 0.25) is 0 Å². The first-order valence-electron chi connectivity index (χ1n) is 10.2. The number of aromatic nitrogens is 2. The van der Waals surface area contributed by atoms with E-state index >= 15 is 0 Å². The fourth-order valence-corrected chi connectivity index (χ4v) is 3.21. The van der Waals surface area contributed by atoms with Crippen molar-refractivity contribution < 1.29 is 39.3 Å². The monoisotopic (exact) mass is 502 g/mol. The molecule has 9 N–H and O–H groups in total. The molecule has 34 heavy (non-hydrogen) atoms. The van der Waals surface area contributed by atoms with Crippen molar-refractivity contribution in [1.82, 2.24) is 25.9 Å². The molecule has 1 heterocycles. The average Bonchev–Trinajstić information content (AvgIpc) is 3.27. The van der Waals surface area contributed by atoms with Crippen molar-refractivity contribution in [2.75, 3.05) is 12.0 Å². The molecule has 5 atom stereocenters. The Morgan fingerprint density at radius 1 is 1.06 bits per heavy atom. The van der Waals surface area contributed by atoms with Gasteiger partial charge in [-0.1, -0.05) is 0 Å². The lowest BCUT2D eigenvalue weighted by molar-refractivity contribution is -0.143. The second-order valence-corrected chi connectivity index (χ2v) is 8.43. The van der Waals surface area contributed by atoms with E-state index in [1.165, 1.54) is 31.2 Å². The molecule has 14 nitrogen and oxygen atoms in total. The number of rotatable bonds is 15. The minimum atomic E-state index is -1.61. The highest BCUT2D eigenvalue weighted by Gasteiger charge is 2.32. The Labute approximate surface area is 199 Å². The van der Waals surface area contributed by atoms with Crippen molar-refractivity contribution in [3.8, 4) is 0 Å². The molecule has 1 aromatic heterocycles. The van der Waals surface area contributed by atoms with Crippen molar-refractivity contribution in [3.05, 3.63) is 18.2 Å². The number of hydrogen-bond donors (Lipinski definition) is 8. The number of carboxylic acid groups (broad SMARTS) is 2. The first-order valence-corrected chi connectivity index (χ1v) is 11.6. The third-order valence-corrected chi connectivity index (χ3v) is 5.32. The molecule has 0 aromatic carbocycles. The van der Waals surface area contributed by atoms with E-state index in [0.29, 0.717) is 11.4 Å². The Morgan fingerprint density at radius 2 is 1.65 bits per heavy atom. The second-order valence-electron chi connectivity index (χ2n) is 7.45. The third-order valence-electron chi connectivity index (χ3n) is 4.67. The predicted octanol–water partition coefficient (Wildman–Crippen LogP) is -2.57. The Hall–Kier alpha value is -3.17. The van der Waals surface area contributed by atoms with Crippen LogP contribution in [0.15, 0.2) is 12.5 Å². The fourth-order valence-electron chi connectivity index (χ4n) is 2.73. The van der Waals surface area contributed by atoms with Gasteiger partial charge in [-0.2, -0.15) is 11.8 Å². The number of carbonyl (C=O) groups excluding carboxylic acids is 3.